The molecule has 1 amide bonds. The topological polar surface area (TPSA) is 105 Å². The summed E-state index contributed by atoms with van der Waals surface area (Å²) in [6.45, 7) is 2.74. The number of benzene rings is 2. The van der Waals surface area contributed by atoms with Gasteiger partial charge in [-0.05, 0) is 12.5 Å². The van der Waals surface area contributed by atoms with Crippen molar-refractivity contribution in [2.45, 2.75) is 13.0 Å². The number of amides is 1. The van der Waals surface area contributed by atoms with E-state index in [1.54, 1.807) is 30.3 Å². The third-order valence-corrected chi connectivity index (χ3v) is 5.11. The Kier molecular flexibility index (Phi) is 5.98. The fraction of sp³-hybridized carbons (Fsp3) is 0.273. The zero-order valence-corrected chi connectivity index (χ0v) is 17.1. The average molecular weight is 410 g/mol. The van der Waals surface area contributed by atoms with Crippen molar-refractivity contribution in [2.75, 3.05) is 27.2 Å². The summed E-state index contributed by atoms with van der Waals surface area (Å²) in [4.78, 5) is 38.9. The van der Waals surface area contributed by atoms with Crippen molar-refractivity contribution in [2.24, 2.45) is 0 Å². The van der Waals surface area contributed by atoms with Gasteiger partial charge in [-0.25, -0.2) is 0 Å². The van der Waals surface area contributed by atoms with Gasteiger partial charge in [-0.15, -0.1) is 0 Å². The number of aliphatic hydroxyl groups is 1. The number of Topliss-reactive ketones (excluding diaryl/α,β-unsaturated/α-hetero) is 1. The number of likely N-dealkylation sites (tertiary alicyclic amines) is 1. The lowest BCUT2D eigenvalue weighted by atomic mass is 9.94. The monoisotopic (exact) mass is 410 g/mol. The minimum absolute atomic E-state index is 0.0573. The Labute approximate surface area is 174 Å². The number of carbonyl (C=O) groups excluding carboxylic acids is 2. The Morgan fingerprint density at radius 2 is 1.83 bits per heavy atom. The highest BCUT2D eigenvalue weighted by molar-refractivity contribution is 6.46. The molecule has 1 aliphatic heterocycles. The molecule has 2 N–H and O–H groups in total. The van der Waals surface area contributed by atoms with Crippen LogP contribution in [0.3, 0.4) is 0 Å². The van der Waals surface area contributed by atoms with Crippen LogP contribution in [0.4, 0.5) is 5.69 Å². The molecule has 0 aliphatic carbocycles. The molecule has 30 heavy (non-hydrogen) atoms. The standard InChI is InChI=1S/C22H23N3O5/c1-14-7-9-15(10-8-14)20(26)18-19(16-5-4-6-17(13-16)25(29)30)24(12-11-23(2)3)22(28)21(18)27/h4-10,13,19,26H,11-12H2,1-3H3/p+1/t19-/m0/s1. The fourth-order valence-electron chi connectivity index (χ4n) is 3.48. The molecule has 8 nitrogen and oxygen atoms in total. The average Bonchev–Trinajstić information content (AvgIpc) is 2.97. The number of non-ortho nitro benzene ring substituents is 1. The minimum Gasteiger partial charge on any atom is -0.507 e. The highest BCUT2D eigenvalue weighted by atomic mass is 16.6. The Balaban J connectivity index is 2.17. The maximum absolute atomic E-state index is 12.9. The zero-order valence-electron chi connectivity index (χ0n) is 17.1. The summed E-state index contributed by atoms with van der Waals surface area (Å²) in [5.41, 5.74) is 1.60. The molecule has 1 aliphatic rings. The van der Waals surface area contributed by atoms with Gasteiger partial charge in [-0.2, -0.15) is 0 Å². The molecule has 8 heteroatoms. The lowest BCUT2D eigenvalue weighted by Crippen LogP contribution is -3.06. The fourth-order valence-corrected chi connectivity index (χ4v) is 3.48. The van der Waals surface area contributed by atoms with Crippen LogP contribution in [0.5, 0.6) is 0 Å². The van der Waals surface area contributed by atoms with Gasteiger partial charge >= 0.3 is 0 Å². The van der Waals surface area contributed by atoms with Gasteiger partial charge in [-0.3, -0.25) is 19.7 Å². The van der Waals surface area contributed by atoms with E-state index >= 15 is 0 Å². The van der Waals surface area contributed by atoms with Crippen molar-refractivity contribution >= 4 is 23.1 Å². The van der Waals surface area contributed by atoms with Crippen LogP contribution >= 0.6 is 0 Å². The molecule has 0 aromatic heterocycles. The summed E-state index contributed by atoms with van der Waals surface area (Å²) < 4.78 is 0. The molecule has 1 fully saturated rings. The number of nitro groups is 1. The number of nitrogens with one attached hydrogen (secondary N) is 1. The van der Waals surface area contributed by atoms with E-state index in [4.69, 9.17) is 0 Å². The van der Waals surface area contributed by atoms with E-state index in [2.05, 4.69) is 0 Å². The largest absolute Gasteiger partial charge is 0.507 e. The Bertz CT molecular complexity index is 1030. The molecule has 2 aromatic carbocycles. The summed E-state index contributed by atoms with van der Waals surface area (Å²) >= 11 is 0. The molecule has 0 saturated carbocycles. The quantitative estimate of drug-likeness (QED) is 0.247. The first-order valence-corrected chi connectivity index (χ1v) is 9.59. The lowest BCUT2D eigenvalue weighted by molar-refractivity contribution is -0.857. The van der Waals surface area contributed by atoms with E-state index in [-0.39, 0.29) is 23.6 Å². The van der Waals surface area contributed by atoms with E-state index in [9.17, 15) is 24.8 Å². The molecule has 1 heterocycles. The SMILES string of the molecule is Cc1ccc(C(O)=C2C(=O)C(=O)N(CC[NH+](C)C)[C@H]2c2cccc([N+](=O)[O-])c2)cc1. The van der Waals surface area contributed by atoms with Crippen LogP contribution < -0.4 is 4.90 Å². The van der Waals surface area contributed by atoms with Gasteiger partial charge in [0, 0.05) is 17.7 Å². The summed E-state index contributed by atoms with van der Waals surface area (Å²) in [5, 5.41) is 22.2. The second kappa shape index (κ2) is 8.46. The van der Waals surface area contributed by atoms with Crippen LogP contribution in [-0.2, 0) is 9.59 Å². The van der Waals surface area contributed by atoms with E-state index in [1.165, 1.54) is 23.1 Å². The second-order valence-electron chi connectivity index (χ2n) is 7.67. The van der Waals surface area contributed by atoms with E-state index in [1.807, 2.05) is 21.0 Å². The molecule has 0 bridgehead atoms. The predicted molar refractivity (Wildman–Crippen MR) is 111 cm³/mol. The smallest absolute Gasteiger partial charge is 0.295 e. The number of carbonyl (C=O) groups is 2. The number of likely N-dealkylation sites (N-methyl/N-ethyl adjacent to an activating group) is 1. The number of nitro benzene ring substituents is 1. The van der Waals surface area contributed by atoms with Crippen LogP contribution in [0, 0.1) is 17.0 Å². The zero-order chi connectivity index (χ0) is 22.0. The molecule has 156 valence electrons. The third kappa shape index (κ3) is 4.08. The van der Waals surface area contributed by atoms with Gasteiger partial charge in [0.25, 0.3) is 17.4 Å². The molecular weight excluding hydrogens is 386 g/mol. The van der Waals surface area contributed by atoms with Crippen molar-refractivity contribution < 1.29 is 24.5 Å². The van der Waals surface area contributed by atoms with Gasteiger partial charge in [0.2, 0.25) is 0 Å². The van der Waals surface area contributed by atoms with Crippen molar-refractivity contribution in [3.8, 4) is 0 Å². The maximum Gasteiger partial charge on any atom is 0.295 e. The number of nitrogens with zero attached hydrogens (tertiary/aromatic N) is 2. The number of rotatable bonds is 6. The molecule has 1 atom stereocenters. The normalized spacial score (nSPS) is 18.3. The summed E-state index contributed by atoms with van der Waals surface area (Å²) in [6, 6.07) is 11.9. The van der Waals surface area contributed by atoms with Crippen LogP contribution in [0.2, 0.25) is 0 Å². The number of hydrogen-bond acceptors (Lipinski definition) is 5. The molecule has 0 spiro atoms. The van der Waals surface area contributed by atoms with E-state index in [0.717, 1.165) is 10.5 Å². The van der Waals surface area contributed by atoms with Crippen molar-refractivity contribution in [3.63, 3.8) is 0 Å². The van der Waals surface area contributed by atoms with E-state index < -0.39 is 22.7 Å². The van der Waals surface area contributed by atoms with E-state index in [0.29, 0.717) is 17.7 Å². The van der Waals surface area contributed by atoms with Gasteiger partial charge in [0.05, 0.1) is 43.7 Å². The molecular formula is C22H24N3O5+. The number of ketones is 1. The number of aryl methyl sites for hydroxylation is 1. The second-order valence-corrected chi connectivity index (χ2v) is 7.67. The van der Waals surface area contributed by atoms with Gasteiger partial charge in [-0.1, -0.05) is 42.0 Å². The number of hydrogen-bond donors (Lipinski definition) is 2. The first-order chi connectivity index (χ1) is 14.2. The maximum atomic E-state index is 12.9. The van der Waals surface area contributed by atoms with Gasteiger partial charge < -0.3 is 14.9 Å². The summed E-state index contributed by atoms with van der Waals surface area (Å²) in [5.74, 6) is -1.80. The summed E-state index contributed by atoms with van der Waals surface area (Å²) in [7, 11) is 3.84. The van der Waals surface area contributed by atoms with Crippen LogP contribution in [-0.4, -0.2) is 53.8 Å². The predicted octanol–water partition coefficient (Wildman–Crippen LogP) is 1.47. The first kappa shape index (κ1) is 21.2. The molecule has 1 saturated heterocycles. The molecule has 3 rings (SSSR count). The third-order valence-electron chi connectivity index (χ3n) is 5.11. The van der Waals surface area contributed by atoms with Crippen LogP contribution in [0.15, 0.2) is 54.1 Å². The highest BCUT2D eigenvalue weighted by Crippen LogP contribution is 2.39. The van der Waals surface area contributed by atoms with Crippen LogP contribution in [0.25, 0.3) is 5.76 Å². The Morgan fingerprint density at radius 1 is 1.17 bits per heavy atom. The van der Waals surface area contributed by atoms with Crippen LogP contribution in [0.1, 0.15) is 22.7 Å². The summed E-state index contributed by atoms with van der Waals surface area (Å²) in [6.07, 6.45) is 0. The number of quaternary nitrogens is 1. The lowest BCUT2D eigenvalue weighted by Gasteiger charge is -2.25. The van der Waals surface area contributed by atoms with Gasteiger partial charge in [0.15, 0.2) is 0 Å². The molecule has 0 unspecified atom stereocenters. The minimum atomic E-state index is -0.898. The Hall–Kier alpha value is -3.52. The highest BCUT2D eigenvalue weighted by Gasteiger charge is 2.46. The first-order valence-electron chi connectivity index (χ1n) is 9.59. The molecule has 2 aromatic rings. The number of aliphatic hydroxyl groups excluding tert-OH is 1. The van der Waals surface area contributed by atoms with Crippen molar-refractivity contribution in [1.82, 2.24) is 4.90 Å². The van der Waals surface area contributed by atoms with Crippen molar-refractivity contribution in [1.29, 1.82) is 0 Å². The van der Waals surface area contributed by atoms with Crippen molar-refractivity contribution in [3.05, 3.63) is 80.9 Å². The molecule has 0 radical (unpaired) electrons. The van der Waals surface area contributed by atoms with Gasteiger partial charge in [0.1, 0.15) is 5.76 Å². The Morgan fingerprint density at radius 3 is 2.43 bits per heavy atom.